The number of hydrogen-bond donors (Lipinski definition) is 2. The first-order chi connectivity index (χ1) is 12.6. The van der Waals surface area contributed by atoms with Crippen LogP contribution in [-0.4, -0.2) is 58.2 Å². The Kier molecular flexibility index (Phi) is 10.2. The second kappa shape index (κ2) is 10.8. The number of carbonyl (C=O) groups is 3. The highest BCUT2D eigenvalue weighted by molar-refractivity contribution is 6.74. The van der Waals surface area contributed by atoms with Crippen LogP contribution < -0.4 is 10.6 Å². The van der Waals surface area contributed by atoms with Crippen molar-refractivity contribution in [1.29, 1.82) is 0 Å². The molecule has 0 saturated carbocycles. The third kappa shape index (κ3) is 10.7. The molecule has 0 aliphatic rings. The number of nitrogens with one attached hydrogen (secondary N) is 2. The van der Waals surface area contributed by atoms with Crippen molar-refractivity contribution >= 4 is 26.3 Å². The summed E-state index contributed by atoms with van der Waals surface area (Å²) < 4.78 is 16.1. The Morgan fingerprint density at radius 1 is 0.964 bits per heavy atom. The Hall–Kier alpha value is -1.61. The molecule has 164 valence electrons. The van der Waals surface area contributed by atoms with Gasteiger partial charge in [0.05, 0.1) is 7.11 Å². The van der Waals surface area contributed by atoms with Crippen LogP contribution in [0.3, 0.4) is 0 Å². The summed E-state index contributed by atoms with van der Waals surface area (Å²) in [5.41, 5.74) is -0.569. The normalized spacial score (nSPS) is 13.5. The standard InChI is InChI=1S/C19H38N2O6Si/c1-18(2,3)26-17(24)21-13-12-20-15(22)11-10-14(16(23)25-7)27-28(8,9)19(4,5)6/h14H,10-13H2,1-9H3,(H,20,22)(H,21,24). The quantitative estimate of drug-likeness (QED) is 0.339. The van der Waals surface area contributed by atoms with Crippen LogP contribution in [0, 0.1) is 0 Å². The fraction of sp³-hybridized carbons (Fsp3) is 0.842. The maximum atomic E-state index is 12.1. The van der Waals surface area contributed by atoms with E-state index in [-0.39, 0.29) is 36.9 Å². The smallest absolute Gasteiger partial charge is 0.407 e. The summed E-state index contributed by atoms with van der Waals surface area (Å²) >= 11 is 0. The fourth-order valence-electron chi connectivity index (χ4n) is 1.92. The number of rotatable bonds is 9. The van der Waals surface area contributed by atoms with Crippen LogP contribution in [0.4, 0.5) is 4.79 Å². The number of ether oxygens (including phenoxy) is 2. The van der Waals surface area contributed by atoms with Crippen LogP contribution in [0.15, 0.2) is 0 Å². The molecule has 28 heavy (non-hydrogen) atoms. The van der Waals surface area contributed by atoms with E-state index in [2.05, 4.69) is 31.4 Å². The van der Waals surface area contributed by atoms with Crippen molar-refractivity contribution in [1.82, 2.24) is 10.6 Å². The first-order valence-electron chi connectivity index (χ1n) is 9.58. The van der Waals surface area contributed by atoms with Gasteiger partial charge in [0.25, 0.3) is 0 Å². The Labute approximate surface area is 170 Å². The van der Waals surface area contributed by atoms with E-state index >= 15 is 0 Å². The Balaban J connectivity index is 4.43. The molecule has 0 fully saturated rings. The molecular weight excluding hydrogens is 380 g/mol. The first kappa shape index (κ1) is 26.4. The SMILES string of the molecule is COC(=O)C(CCC(=O)NCCNC(=O)OC(C)(C)C)O[Si](C)(C)C(C)(C)C. The molecule has 0 radical (unpaired) electrons. The number of methoxy groups -OCH3 is 1. The second-order valence-corrected chi connectivity index (χ2v) is 14.0. The molecule has 0 aliphatic carbocycles. The molecule has 0 rings (SSSR count). The molecule has 8 nitrogen and oxygen atoms in total. The van der Waals surface area contributed by atoms with Gasteiger partial charge in [-0.05, 0) is 45.3 Å². The molecule has 2 N–H and O–H groups in total. The van der Waals surface area contributed by atoms with Crippen molar-refractivity contribution < 1.29 is 28.3 Å². The topological polar surface area (TPSA) is 103 Å². The van der Waals surface area contributed by atoms with E-state index in [0.29, 0.717) is 0 Å². The van der Waals surface area contributed by atoms with Gasteiger partial charge in [-0.2, -0.15) is 0 Å². The largest absolute Gasteiger partial charge is 0.467 e. The highest BCUT2D eigenvalue weighted by atomic mass is 28.4. The minimum Gasteiger partial charge on any atom is -0.467 e. The van der Waals surface area contributed by atoms with Gasteiger partial charge in [0.1, 0.15) is 11.7 Å². The van der Waals surface area contributed by atoms with Gasteiger partial charge in [-0.25, -0.2) is 9.59 Å². The number of esters is 1. The molecule has 0 spiro atoms. The van der Waals surface area contributed by atoms with E-state index in [1.54, 1.807) is 20.8 Å². The summed E-state index contributed by atoms with van der Waals surface area (Å²) in [6, 6.07) is 0. The van der Waals surface area contributed by atoms with E-state index in [0.717, 1.165) is 0 Å². The zero-order chi connectivity index (χ0) is 22.2. The van der Waals surface area contributed by atoms with E-state index in [1.165, 1.54) is 7.11 Å². The van der Waals surface area contributed by atoms with Crippen LogP contribution in [0.1, 0.15) is 54.4 Å². The number of carbonyl (C=O) groups excluding carboxylic acids is 3. The predicted molar refractivity (Wildman–Crippen MR) is 111 cm³/mol. The van der Waals surface area contributed by atoms with E-state index in [4.69, 9.17) is 13.9 Å². The van der Waals surface area contributed by atoms with Crippen molar-refractivity contribution in [3.63, 3.8) is 0 Å². The third-order valence-corrected chi connectivity index (χ3v) is 8.94. The van der Waals surface area contributed by atoms with Gasteiger partial charge in [0.2, 0.25) is 5.91 Å². The molecule has 0 saturated heterocycles. The zero-order valence-corrected chi connectivity index (χ0v) is 19.9. The summed E-state index contributed by atoms with van der Waals surface area (Å²) in [5.74, 6) is -0.692. The highest BCUT2D eigenvalue weighted by Gasteiger charge is 2.41. The van der Waals surface area contributed by atoms with Crippen molar-refractivity contribution in [2.24, 2.45) is 0 Å². The lowest BCUT2D eigenvalue weighted by Gasteiger charge is -2.38. The number of hydrogen-bond acceptors (Lipinski definition) is 6. The molecule has 0 aromatic rings. The van der Waals surface area contributed by atoms with E-state index < -0.39 is 32.1 Å². The predicted octanol–water partition coefficient (Wildman–Crippen LogP) is 2.97. The molecule has 0 bridgehead atoms. The van der Waals surface area contributed by atoms with Crippen molar-refractivity contribution in [2.75, 3.05) is 20.2 Å². The highest BCUT2D eigenvalue weighted by Crippen LogP contribution is 2.37. The van der Waals surface area contributed by atoms with Crippen molar-refractivity contribution in [2.45, 2.75) is 84.2 Å². The van der Waals surface area contributed by atoms with Gasteiger partial charge in [0, 0.05) is 19.5 Å². The van der Waals surface area contributed by atoms with Gasteiger partial charge >= 0.3 is 12.1 Å². The monoisotopic (exact) mass is 418 g/mol. The van der Waals surface area contributed by atoms with E-state index in [1.807, 2.05) is 13.1 Å². The Morgan fingerprint density at radius 2 is 1.50 bits per heavy atom. The maximum absolute atomic E-state index is 12.1. The molecule has 0 heterocycles. The van der Waals surface area contributed by atoms with Crippen LogP contribution in [0.25, 0.3) is 0 Å². The van der Waals surface area contributed by atoms with E-state index in [9.17, 15) is 14.4 Å². The first-order valence-corrected chi connectivity index (χ1v) is 12.5. The lowest BCUT2D eigenvalue weighted by atomic mass is 10.2. The average Bonchev–Trinajstić information content (AvgIpc) is 2.51. The molecule has 0 aromatic carbocycles. The van der Waals surface area contributed by atoms with Crippen molar-refractivity contribution in [3.8, 4) is 0 Å². The number of alkyl carbamates (subject to hydrolysis) is 1. The average molecular weight is 419 g/mol. The minimum absolute atomic E-state index is 0.0607. The Bertz CT molecular complexity index is 538. The zero-order valence-electron chi connectivity index (χ0n) is 18.9. The van der Waals surface area contributed by atoms with Crippen LogP contribution in [0.5, 0.6) is 0 Å². The maximum Gasteiger partial charge on any atom is 0.407 e. The summed E-state index contributed by atoms with van der Waals surface area (Å²) in [5, 5.41) is 5.21. The van der Waals surface area contributed by atoms with Crippen molar-refractivity contribution in [3.05, 3.63) is 0 Å². The van der Waals surface area contributed by atoms with Gasteiger partial charge in [-0.3, -0.25) is 4.79 Å². The summed E-state index contributed by atoms with van der Waals surface area (Å²) in [6.07, 6.45) is -0.933. The summed E-state index contributed by atoms with van der Waals surface area (Å²) in [7, 11) is -0.864. The van der Waals surface area contributed by atoms with Gasteiger partial charge in [-0.1, -0.05) is 20.8 Å². The fourth-order valence-corrected chi connectivity index (χ4v) is 3.20. The molecule has 0 aliphatic heterocycles. The number of amides is 2. The second-order valence-electron chi connectivity index (χ2n) is 9.21. The molecule has 0 aromatic heterocycles. The molecule has 1 unspecified atom stereocenters. The molecule has 2 amide bonds. The summed E-state index contributed by atoms with van der Waals surface area (Å²) in [6.45, 7) is 16.2. The van der Waals surface area contributed by atoms with Gasteiger partial charge in [-0.15, -0.1) is 0 Å². The van der Waals surface area contributed by atoms with Crippen LogP contribution in [0.2, 0.25) is 18.1 Å². The van der Waals surface area contributed by atoms with Crippen LogP contribution >= 0.6 is 0 Å². The van der Waals surface area contributed by atoms with Gasteiger partial charge < -0.3 is 24.5 Å². The lowest BCUT2D eigenvalue weighted by Crippen LogP contribution is -2.46. The van der Waals surface area contributed by atoms with Gasteiger partial charge in [0.15, 0.2) is 8.32 Å². The minimum atomic E-state index is -2.18. The summed E-state index contributed by atoms with van der Waals surface area (Å²) in [4.78, 5) is 35.6. The molecular formula is C19H38N2O6Si. The lowest BCUT2D eigenvalue weighted by molar-refractivity contribution is -0.149. The van der Waals surface area contributed by atoms with Crippen LogP contribution in [-0.2, 0) is 23.5 Å². The molecule has 9 heteroatoms. The third-order valence-electron chi connectivity index (χ3n) is 4.46. The molecule has 1 atom stereocenters. The Morgan fingerprint density at radius 3 is 1.96 bits per heavy atom.